The number of rotatable bonds is 7. The third kappa shape index (κ3) is 5.58. The summed E-state index contributed by atoms with van der Waals surface area (Å²) in [5, 5.41) is 40.1. The Morgan fingerprint density at radius 1 is 1.32 bits per heavy atom. The van der Waals surface area contributed by atoms with Crippen LogP contribution in [-0.2, 0) is 4.74 Å². The summed E-state index contributed by atoms with van der Waals surface area (Å²) in [6.45, 7) is 10.2. The summed E-state index contributed by atoms with van der Waals surface area (Å²) in [5.41, 5.74) is 3.37. The van der Waals surface area contributed by atoms with E-state index >= 15 is 0 Å². The molecule has 0 unspecified atom stereocenters. The smallest absolute Gasteiger partial charge is 0.102 e. The molecule has 0 amide bonds. The third-order valence-corrected chi connectivity index (χ3v) is 7.42. The molecule has 2 saturated carbocycles. The highest BCUT2D eigenvalue weighted by atomic mass is 16.5. The molecule has 5 nitrogen and oxygen atoms in total. The monoisotopic (exact) mass is 432 g/mol. The van der Waals surface area contributed by atoms with Gasteiger partial charge in [0, 0.05) is 6.42 Å². The van der Waals surface area contributed by atoms with Crippen LogP contribution in [0.15, 0.2) is 47.1 Å². The number of ether oxygens (including phenoxy) is 1. The highest BCUT2D eigenvalue weighted by Crippen LogP contribution is 2.55. The summed E-state index contributed by atoms with van der Waals surface area (Å²) in [7, 11) is 0. The fraction of sp³-hybridized carbons (Fsp3) is 0.692. The van der Waals surface area contributed by atoms with E-state index in [2.05, 4.69) is 25.7 Å². The SMILES string of the molecule is C=C1/C(=C\C=C2/CCC[C@]3(C)C([C@@H](CO)OCCC(C)(C)O)=CC[C@@H]23)C[C@@H](O)C[C@@H]1O. The van der Waals surface area contributed by atoms with Crippen LogP contribution >= 0.6 is 0 Å². The van der Waals surface area contributed by atoms with Crippen molar-refractivity contribution in [3.63, 3.8) is 0 Å². The van der Waals surface area contributed by atoms with Gasteiger partial charge in [-0.1, -0.05) is 37.3 Å². The maximum atomic E-state index is 10.1. The van der Waals surface area contributed by atoms with Gasteiger partial charge in [-0.25, -0.2) is 0 Å². The van der Waals surface area contributed by atoms with E-state index < -0.39 is 17.8 Å². The maximum absolute atomic E-state index is 10.1. The average molecular weight is 433 g/mol. The molecule has 0 aromatic carbocycles. The van der Waals surface area contributed by atoms with E-state index in [-0.39, 0.29) is 18.1 Å². The van der Waals surface area contributed by atoms with E-state index in [4.69, 9.17) is 4.74 Å². The number of allylic oxidation sites excluding steroid dienone is 4. The molecule has 0 aromatic heterocycles. The molecule has 0 aromatic rings. The molecule has 3 aliphatic carbocycles. The number of fused-ring (bicyclic) bond motifs is 1. The van der Waals surface area contributed by atoms with Gasteiger partial charge >= 0.3 is 0 Å². The molecule has 0 spiro atoms. The van der Waals surface area contributed by atoms with Crippen molar-refractivity contribution in [2.75, 3.05) is 13.2 Å². The van der Waals surface area contributed by atoms with Crippen LogP contribution in [0.25, 0.3) is 0 Å². The number of hydrogen-bond acceptors (Lipinski definition) is 5. The molecule has 2 fully saturated rings. The van der Waals surface area contributed by atoms with Crippen LogP contribution in [0.1, 0.15) is 65.7 Å². The van der Waals surface area contributed by atoms with E-state index in [0.717, 1.165) is 31.3 Å². The number of aliphatic hydroxyl groups excluding tert-OH is 3. The van der Waals surface area contributed by atoms with Crippen LogP contribution < -0.4 is 0 Å². The highest BCUT2D eigenvalue weighted by molar-refractivity contribution is 5.40. The molecule has 4 N–H and O–H groups in total. The lowest BCUT2D eigenvalue weighted by molar-refractivity contribution is -0.0161. The molecule has 0 aliphatic heterocycles. The first-order valence-electron chi connectivity index (χ1n) is 11.7. The molecule has 0 heterocycles. The Balaban J connectivity index is 1.74. The lowest BCUT2D eigenvalue weighted by Gasteiger charge is -2.42. The normalized spacial score (nSPS) is 35.4. The first kappa shape index (κ1) is 24.4. The third-order valence-electron chi connectivity index (χ3n) is 7.42. The number of aliphatic hydroxyl groups is 4. The fourth-order valence-corrected chi connectivity index (χ4v) is 5.51. The molecular formula is C26H40O5. The van der Waals surface area contributed by atoms with Gasteiger partial charge in [0.15, 0.2) is 0 Å². The first-order valence-corrected chi connectivity index (χ1v) is 11.7. The molecule has 3 aliphatic rings. The summed E-state index contributed by atoms with van der Waals surface area (Å²) < 4.78 is 6.02. The van der Waals surface area contributed by atoms with Crippen molar-refractivity contribution in [3.8, 4) is 0 Å². The molecule has 174 valence electrons. The molecule has 0 saturated heterocycles. The van der Waals surface area contributed by atoms with E-state index in [1.807, 2.05) is 6.08 Å². The van der Waals surface area contributed by atoms with Gasteiger partial charge < -0.3 is 25.2 Å². The molecule has 5 atom stereocenters. The van der Waals surface area contributed by atoms with Crippen molar-refractivity contribution < 1.29 is 25.2 Å². The Morgan fingerprint density at radius 3 is 2.74 bits per heavy atom. The van der Waals surface area contributed by atoms with Crippen molar-refractivity contribution in [1.29, 1.82) is 0 Å². The standard InChI is InChI=1S/C26H40O5/c1-17-19(14-20(28)15-23(17)29)8-7-18-6-5-11-26(4)21(18)9-10-22(26)24(16-27)31-13-12-25(2,3)30/h7-8,10,20-21,23-24,27-30H,1,5-6,9,11-16H2,2-4H3/b18-7+,19-8-/t20-,21+,23+,24-,26+/m1/s1. The summed E-state index contributed by atoms with van der Waals surface area (Å²) in [5.74, 6) is 0.367. The minimum Gasteiger partial charge on any atom is -0.393 e. The average Bonchev–Trinajstić information content (AvgIpc) is 3.03. The van der Waals surface area contributed by atoms with E-state index in [1.165, 1.54) is 11.1 Å². The van der Waals surface area contributed by atoms with Gasteiger partial charge in [0.1, 0.15) is 6.10 Å². The van der Waals surface area contributed by atoms with Crippen LogP contribution in [0, 0.1) is 11.3 Å². The lowest BCUT2D eigenvalue weighted by Crippen LogP contribution is -2.37. The van der Waals surface area contributed by atoms with Crippen LogP contribution in [0.4, 0.5) is 0 Å². The van der Waals surface area contributed by atoms with E-state index in [0.29, 0.717) is 37.4 Å². The summed E-state index contributed by atoms with van der Waals surface area (Å²) in [6, 6.07) is 0. The molecule has 5 heteroatoms. The van der Waals surface area contributed by atoms with Gasteiger partial charge in [-0.05, 0) is 80.4 Å². The zero-order valence-electron chi connectivity index (χ0n) is 19.3. The summed E-state index contributed by atoms with van der Waals surface area (Å²) in [6.07, 6.45) is 10.5. The van der Waals surface area contributed by atoms with Gasteiger partial charge in [0.2, 0.25) is 0 Å². The lowest BCUT2D eigenvalue weighted by atomic mass is 9.63. The Labute approximate surface area is 186 Å². The van der Waals surface area contributed by atoms with Crippen LogP contribution in [0.2, 0.25) is 0 Å². The predicted molar refractivity (Wildman–Crippen MR) is 122 cm³/mol. The second-order valence-electron chi connectivity index (χ2n) is 10.4. The Kier molecular flexibility index (Phi) is 7.65. The Morgan fingerprint density at radius 2 is 2.06 bits per heavy atom. The Bertz CT molecular complexity index is 756. The first-order chi connectivity index (χ1) is 14.5. The Hall–Kier alpha value is -1.24. The van der Waals surface area contributed by atoms with Crippen molar-refractivity contribution in [2.45, 2.75) is 89.6 Å². The van der Waals surface area contributed by atoms with Gasteiger partial charge in [-0.15, -0.1) is 0 Å². The predicted octanol–water partition coefficient (Wildman–Crippen LogP) is 3.59. The quantitative estimate of drug-likeness (QED) is 0.462. The largest absolute Gasteiger partial charge is 0.393 e. The van der Waals surface area contributed by atoms with Crippen molar-refractivity contribution in [2.24, 2.45) is 11.3 Å². The topological polar surface area (TPSA) is 90.2 Å². The molecule has 0 radical (unpaired) electrons. The zero-order chi connectivity index (χ0) is 22.8. The van der Waals surface area contributed by atoms with Gasteiger partial charge in [-0.3, -0.25) is 0 Å². The van der Waals surface area contributed by atoms with Crippen LogP contribution in [0.3, 0.4) is 0 Å². The summed E-state index contributed by atoms with van der Waals surface area (Å²) >= 11 is 0. The van der Waals surface area contributed by atoms with Crippen LogP contribution in [0.5, 0.6) is 0 Å². The summed E-state index contributed by atoms with van der Waals surface area (Å²) in [4.78, 5) is 0. The molecule has 0 bridgehead atoms. The second kappa shape index (κ2) is 9.72. The van der Waals surface area contributed by atoms with Crippen molar-refractivity contribution in [3.05, 3.63) is 47.1 Å². The van der Waals surface area contributed by atoms with Crippen molar-refractivity contribution >= 4 is 0 Å². The van der Waals surface area contributed by atoms with E-state index in [1.54, 1.807) is 13.8 Å². The van der Waals surface area contributed by atoms with Gasteiger partial charge in [0.05, 0.1) is 31.0 Å². The van der Waals surface area contributed by atoms with Gasteiger partial charge in [-0.2, -0.15) is 0 Å². The van der Waals surface area contributed by atoms with Crippen molar-refractivity contribution in [1.82, 2.24) is 0 Å². The minimum atomic E-state index is -0.783. The number of hydrogen-bond donors (Lipinski definition) is 4. The minimum absolute atomic E-state index is 0.0483. The molecular weight excluding hydrogens is 392 g/mol. The second-order valence-corrected chi connectivity index (χ2v) is 10.4. The molecule has 31 heavy (non-hydrogen) atoms. The fourth-order valence-electron chi connectivity index (χ4n) is 5.51. The molecule has 3 rings (SSSR count). The van der Waals surface area contributed by atoms with Crippen LogP contribution in [-0.4, -0.2) is 57.6 Å². The van der Waals surface area contributed by atoms with Gasteiger partial charge in [0.25, 0.3) is 0 Å². The highest BCUT2D eigenvalue weighted by Gasteiger charge is 2.47. The zero-order valence-corrected chi connectivity index (χ0v) is 19.3. The van der Waals surface area contributed by atoms with E-state index in [9.17, 15) is 20.4 Å². The maximum Gasteiger partial charge on any atom is 0.102 e.